The highest BCUT2D eigenvalue weighted by molar-refractivity contribution is 7.98. The monoisotopic (exact) mass is 386 g/mol. The summed E-state index contributed by atoms with van der Waals surface area (Å²) >= 11 is 7.49. The predicted molar refractivity (Wildman–Crippen MR) is 106 cm³/mol. The van der Waals surface area contributed by atoms with Crippen molar-refractivity contribution in [2.75, 3.05) is 0 Å². The molecule has 0 unspecified atom stereocenters. The lowest BCUT2D eigenvalue weighted by Crippen LogP contribution is -2.08. The van der Waals surface area contributed by atoms with E-state index in [4.69, 9.17) is 11.6 Å². The maximum Gasteiger partial charge on any atom is 0.251 e. The molecule has 0 aliphatic rings. The van der Waals surface area contributed by atoms with E-state index in [0.717, 1.165) is 11.1 Å². The van der Waals surface area contributed by atoms with Crippen molar-refractivity contribution in [2.24, 2.45) is 0 Å². The number of benzene rings is 2. The quantitative estimate of drug-likeness (QED) is 0.366. The van der Waals surface area contributed by atoms with Crippen LogP contribution in [0, 0.1) is 12.7 Å². The van der Waals surface area contributed by atoms with Gasteiger partial charge in [0.25, 0.3) is 5.56 Å². The summed E-state index contributed by atoms with van der Waals surface area (Å²) in [5.41, 5.74) is 2.97. The van der Waals surface area contributed by atoms with Gasteiger partial charge in [-0.15, -0.1) is 0 Å². The van der Waals surface area contributed by atoms with Crippen LogP contribution in [-0.2, 0) is 5.75 Å². The number of aromatic nitrogens is 2. The summed E-state index contributed by atoms with van der Waals surface area (Å²) in [6, 6.07) is 14.0. The second-order valence-electron chi connectivity index (χ2n) is 5.69. The summed E-state index contributed by atoms with van der Waals surface area (Å²) in [7, 11) is 0. The molecule has 1 N–H and O–H groups in total. The Bertz CT molecular complexity index is 979. The molecule has 0 saturated carbocycles. The van der Waals surface area contributed by atoms with Gasteiger partial charge in [0.2, 0.25) is 0 Å². The summed E-state index contributed by atoms with van der Waals surface area (Å²) in [6.45, 7) is 1.79. The van der Waals surface area contributed by atoms with Crippen molar-refractivity contribution < 1.29 is 4.39 Å². The summed E-state index contributed by atoms with van der Waals surface area (Å²) in [6.07, 6.45) is 3.49. The number of nitrogens with zero attached hydrogens (tertiary/aromatic N) is 1. The van der Waals surface area contributed by atoms with Crippen LogP contribution in [0.5, 0.6) is 0 Å². The van der Waals surface area contributed by atoms with Crippen molar-refractivity contribution in [3.8, 4) is 0 Å². The molecular formula is C20H16ClFN2OS. The third-order valence-electron chi connectivity index (χ3n) is 3.65. The second-order valence-corrected chi connectivity index (χ2v) is 7.06. The fourth-order valence-corrected chi connectivity index (χ4v) is 3.45. The van der Waals surface area contributed by atoms with Gasteiger partial charge in [0, 0.05) is 23.1 Å². The summed E-state index contributed by atoms with van der Waals surface area (Å²) < 4.78 is 13.8. The molecule has 0 aliphatic heterocycles. The first-order chi connectivity index (χ1) is 12.5. The van der Waals surface area contributed by atoms with Gasteiger partial charge < -0.3 is 4.98 Å². The predicted octanol–water partition coefficient (Wildman–Crippen LogP) is 5.33. The van der Waals surface area contributed by atoms with Crippen LogP contribution in [0.3, 0.4) is 0 Å². The summed E-state index contributed by atoms with van der Waals surface area (Å²) in [4.78, 5) is 18.5. The van der Waals surface area contributed by atoms with Crippen LogP contribution in [0.1, 0.15) is 22.4 Å². The van der Waals surface area contributed by atoms with Crippen molar-refractivity contribution in [1.29, 1.82) is 0 Å². The Morgan fingerprint density at radius 3 is 2.65 bits per heavy atom. The van der Waals surface area contributed by atoms with E-state index in [1.165, 1.54) is 23.9 Å². The minimum Gasteiger partial charge on any atom is -0.301 e. The zero-order valence-electron chi connectivity index (χ0n) is 14.0. The summed E-state index contributed by atoms with van der Waals surface area (Å²) in [5, 5.41) is 0.988. The lowest BCUT2D eigenvalue weighted by atomic mass is 10.1. The number of hydrogen-bond donors (Lipinski definition) is 1. The number of aromatic amines is 1. The van der Waals surface area contributed by atoms with Crippen LogP contribution in [0.15, 0.2) is 58.5 Å². The maximum atomic E-state index is 13.8. The molecule has 3 rings (SSSR count). The molecule has 132 valence electrons. The van der Waals surface area contributed by atoms with E-state index < -0.39 is 0 Å². The number of thioether (sulfide) groups is 1. The number of hydrogen-bond acceptors (Lipinski definition) is 3. The van der Waals surface area contributed by atoms with Crippen LogP contribution >= 0.6 is 23.4 Å². The molecule has 0 aliphatic carbocycles. The van der Waals surface area contributed by atoms with Gasteiger partial charge in [-0.2, -0.15) is 0 Å². The SMILES string of the molecule is Cc1cc(=O)[nH]c(SCc2ccc(C=Cc3c(F)cccc3Cl)cc2)n1. The molecule has 26 heavy (non-hydrogen) atoms. The van der Waals surface area contributed by atoms with E-state index in [2.05, 4.69) is 9.97 Å². The molecule has 1 aromatic heterocycles. The molecule has 1 heterocycles. The van der Waals surface area contributed by atoms with Gasteiger partial charge in [-0.3, -0.25) is 4.79 Å². The first-order valence-electron chi connectivity index (χ1n) is 7.93. The van der Waals surface area contributed by atoms with Crippen LogP contribution in [0.25, 0.3) is 12.2 Å². The first-order valence-corrected chi connectivity index (χ1v) is 9.29. The van der Waals surface area contributed by atoms with Gasteiger partial charge in [-0.05, 0) is 36.3 Å². The largest absolute Gasteiger partial charge is 0.301 e. The van der Waals surface area contributed by atoms with E-state index in [9.17, 15) is 9.18 Å². The normalized spacial score (nSPS) is 11.2. The van der Waals surface area contributed by atoms with E-state index >= 15 is 0 Å². The van der Waals surface area contributed by atoms with Crippen LogP contribution in [0.2, 0.25) is 5.02 Å². The standard InChI is InChI=1S/C20H16ClFN2OS/c1-13-11-19(25)24-20(23-13)26-12-15-7-5-14(6-8-15)9-10-16-17(21)3-2-4-18(16)22/h2-11H,12H2,1H3,(H,23,24,25). The Hall–Kier alpha value is -2.37. The summed E-state index contributed by atoms with van der Waals surface area (Å²) in [5.74, 6) is 0.344. The number of aryl methyl sites for hydroxylation is 1. The zero-order chi connectivity index (χ0) is 18.5. The minimum atomic E-state index is -0.346. The Morgan fingerprint density at radius 2 is 1.96 bits per heavy atom. The zero-order valence-corrected chi connectivity index (χ0v) is 15.6. The molecule has 3 nitrogen and oxygen atoms in total. The molecule has 0 atom stereocenters. The van der Waals surface area contributed by atoms with Crippen molar-refractivity contribution in [3.05, 3.63) is 92.1 Å². The van der Waals surface area contributed by atoms with Gasteiger partial charge in [0.05, 0.1) is 5.02 Å². The number of rotatable bonds is 5. The molecule has 6 heteroatoms. The average molecular weight is 387 g/mol. The lowest BCUT2D eigenvalue weighted by Gasteiger charge is -2.03. The third-order valence-corrected chi connectivity index (χ3v) is 4.92. The molecule has 0 amide bonds. The molecule has 0 spiro atoms. The molecule has 0 bridgehead atoms. The number of nitrogens with one attached hydrogen (secondary N) is 1. The van der Waals surface area contributed by atoms with Gasteiger partial charge in [0.1, 0.15) is 5.82 Å². The Morgan fingerprint density at radius 1 is 1.19 bits per heavy atom. The first kappa shape index (κ1) is 18.4. The van der Waals surface area contributed by atoms with Gasteiger partial charge >= 0.3 is 0 Å². The lowest BCUT2D eigenvalue weighted by molar-refractivity contribution is 0.625. The van der Waals surface area contributed by atoms with E-state index in [-0.39, 0.29) is 11.4 Å². The number of halogens is 2. The smallest absolute Gasteiger partial charge is 0.251 e. The maximum absolute atomic E-state index is 13.8. The third kappa shape index (κ3) is 4.84. The molecular weight excluding hydrogens is 371 g/mol. The fourth-order valence-electron chi connectivity index (χ4n) is 2.35. The highest BCUT2D eigenvalue weighted by Crippen LogP contribution is 2.22. The van der Waals surface area contributed by atoms with E-state index in [1.54, 1.807) is 25.1 Å². The molecule has 0 radical (unpaired) electrons. The molecule has 3 aromatic rings. The van der Waals surface area contributed by atoms with Gasteiger partial charge in [0.15, 0.2) is 5.16 Å². The highest BCUT2D eigenvalue weighted by atomic mass is 35.5. The van der Waals surface area contributed by atoms with Crippen LogP contribution in [-0.4, -0.2) is 9.97 Å². The minimum absolute atomic E-state index is 0.146. The Kier molecular flexibility index (Phi) is 5.91. The molecule has 0 saturated heterocycles. The van der Waals surface area contributed by atoms with Crippen LogP contribution in [0.4, 0.5) is 4.39 Å². The van der Waals surface area contributed by atoms with Crippen LogP contribution < -0.4 is 5.56 Å². The van der Waals surface area contributed by atoms with Crippen molar-refractivity contribution in [2.45, 2.75) is 17.8 Å². The second kappa shape index (κ2) is 8.34. The van der Waals surface area contributed by atoms with Crippen molar-refractivity contribution in [3.63, 3.8) is 0 Å². The Balaban J connectivity index is 1.67. The molecule has 0 fully saturated rings. The average Bonchev–Trinajstić information content (AvgIpc) is 2.60. The van der Waals surface area contributed by atoms with Crippen molar-refractivity contribution >= 4 is 35.5 Å². The topological polar surface area (TPSA) is 45.8 Å². The van der Waals surface area contributed by atoms with E-state index in [0.29, 0.717) is 27.2 Å². The molecule has 2 aromatic carbocycles. The van der Waals surface area contributed by atoms with Gasteiger partial charge in [-0.25, -0.2) is 9.37 Å². The fraction of sp³-hybridized carbons (Fsp3) is 0.100. The van der Waals surface area contributed by atoms with Gasteiger partial charge in [-0.1, -0.05) is 59.8 Å². The number of H-pyrrole nitrogens is 1. The highest BCUT2D eigenvalue weighted by Gasteiger charge is 2.03. The van der Waals surface area contributed by atoms with E-state index in [1.807, 2.05) is 30.3 Å². The Labute approximate surface area is 160 Å². The van der Waals surface area contributed by atoms with Crippen molar-refractivity contribution in [1.82, 2.24) is 9.97 Å².